The molecule has 1 saturated heterocycles. The van der Waals surface area contributed by atoms with Gasteiger partial charge < -0.3 is 10.6 Å². The summed E-state index contributed by atoms with van der Waals surface area (Å²) in [5.41, 5.74) is 1.14. The highest BCUT2D eigenvalue weighted by Crippen LogP contribution is 2.24. The van der Waals surface area contributed by atoms with E-state index in [-0.39, 0.29) is 23.8 Å². The van der Waals surface area contributed by atoms with Crippen LogP contribution >= 0.6 is 0 Å². The third-order valence-electron chi connectivity index (χ3n) is 5.54. The average molecular weight is 382 g/mol. The first-order valence-corrected chi connectivity index (χ1v) is 10.4. The second-order valence-electron chi connectivity index (χ2n) is 7.70. The van der Waals surface area contributed by atoms with Crippen molar-refractivity contribution in [1.29, 1.82) is 0 Å². The van der Waals surface area contributed by atoms with Crippen molar-refractivity contribution >= 4 is 22.6 Å². The van der Waals surface area contributed by atoms with Crippen LogP contribution < -0.4 is 10.6 Å². The Morgan fingerprint density at radius 2 is 1.82 bits per heavy atom. The Labute approximate surface area is 167 Å². The predicted octanol–water partition coefficient (Wildman–Crippen LogP) is 3.26. The first-order chi connectivity index (χ1) is 13.6. The number of benzene rings is 2. The first kappa shape index (κ1) is 20.3. The van der Waals surface area contributed by atoms with Gasteiger partial charge in [-0.05, 0) is 55.6 Å². The van der Waals surface area contributed by atoms with Gasteiger partial charge in [-0.25, -0.2) is 0 Å². The summed E-state index contributed by atoms with van der Waals surface area (Å²) in [6, 6.07) is 14.4. The van der Waals surface area contributed by atoms with Crippen LogP contribution in [0.5, 0.6) is 0 Å². The molecule has 0 bridgehead atoms. The number of fused-ring (bicyclic) bond motifs is 1. The van der Waals surface area contributed by atoms with Gasteiger partial charge in [-0.2, -0.15) is 0 Å². The number of likely N-dealkylation sites (tertiary alicyclic amines) is 1. The van der Waals surface area contributed by atoms with Gasteiger partial charge in [0, 0.05) is 12.5 Å². The molecule has 2 aromatic rings. The van der Waals surface area contributed by atoms with Crippen molar-refractivity contribution in [1.82, 2.24) is 15.5 Å². The summed E-state index contributed by atoms with van der Waals surface area (Å²) in [5, 5.41) is 8.48. The molecule has 1 aliphatic heterocycles. The topological polar surface area (TPSA) is 61.4 Å². The molecule has 2 amide bonds. The SMILES string of the molecule is CCCNC(=O)C1CCN(CC(=O)NC(C)c2cccc3ccccc23)CC1. The third kappa shape index (κ3) is 5.10. The molecule has 0 saturated carbocycles. The molecule has 0 spiro atoms. The zero-order valence-electron chi connectivity index (χ0n) is 16.9. The molecule has 5 nitrogen and oxygen atoms in total. The van der Waals surface area contributed by atoms with Gasteiger partial charge >= 0.3 is 0 Å². The molecular formula is C23H31N3O2. The minimum Gasteiger partial charge on any atom is -0.356 e. The normalized spacial score (nSPS) is 16.6. The molecule has 150 valence electrons. The van der Waals surface area contributed by atoms with Crippen LogP contribution in [-0.2, 0) is 9.59 Å². The zero-order valence-corrected chi connectivity index (χ0v) is 16.9. The summed E-state index contributed by atoms with van der Waals surface area (Å²) in [5.74, 6) is 0.283. The van der Waals surface area contributed by atoms with Crippen LogP contribution in [0, 0.1) is 5.92 Å². The summed E-state index contributed by atoms with van der Waals surface area (Å²) >= 11 is 0. The number of amides is 2. The van der Waals surface area contributed by atoms with Crippen molar-refractivity contribution in [2.75, 3.05) is 26.2 Å². The number of hydrogen-bond acceptors (Lipinski definition) is 3. The molecule has 1 aliphatic rings. The van der Waals surface area contributed by atoms with Crippen LogP contribution in [0.1, 0.15) is 44.7 Å². The molecule has 1 heterocycles. The fourth-order valence-electron chi connectivity index (χ4n) is 3.94. The van der Waals surface area contributed by atoms with E-state index in [1.165, 1.54) is 10.8 Å². The predicted molar refractivity (Wildman–Crippen MR) is 113 cm³/mol. The highest BCUT2D eigenvalue weighted by Gasteiger charge is 2.26. The molecule has 0 aromatic heterocycles. The lowest BCUT2D eigenvalue weighted by molar-refractivity contribution is -0.126. The fourth-order valence-corrected chi connectivity index (χ4v) is 3.94. The Balaban J connectivity index is 1.50. The Hall–Kier alpha value is -2.40. The molecule has 5 heteroatoms. The average Bonchev–Trinajstić information content (AvgIpc) is 2.72. The number of nitrogens with one attached hydrogen (secondary N) is 2. The van der Waals surface area contributed by atoms with Gasteiger partial charge in [0.15, 0.2) is 0 Å². The molecule has 2 N–H and O–H groups in total. The van der Waals surface area contributed by atoms with Crippen LogP contribution in [0.25, 0.3) is 10.8 Å². The van der Waals surface area contributed by atoms with Crippen molar-refractivity contribution in [2.45, 2.75) is 39.2 Å². The van der Waals surface area contributed by atoms with E-state index in [4.69, 9.17) is 0 Å². The molecule has 28 heavy (non-hydrogen) atoms. The molecule has 1 atom stereocenters. The summed E-state index contributed by atoms with van der Waals surface area (Å²) in [4.78, 5) is 26.8. The van der Waals surface area contributed by atoms with Crippen molar-refractivity contribution in [3.05, 3.63) is 48.0 Å². The summed E-state index contributed by atoms with van der Waals surface area (Å²) < 4.78 is 0. The third-order valence-corrected chi connectivity index (χ3v) is 5.54. The van der Waals surface area contributed by atoms with E-state index < -0.39 is 0 Å². The van der Waals surface area contributed by atoms with Crippen LogP contribution in [-0.4, -0.2) is 42.9 Å². The van der Waals surface area contributed by atoms with E-state index in [0.717, 1.165) is 44.5 Å². The number of piperidine rings is 1. The van der Waals surface area contributed by atoms with Crippen molar-refractivity contribution < 1.29 is 9.59 Å². The van der Waals surface area contributed by atoms with Crippen LogP contribution in [0.2, 0.25) is 0 Å². The Morgan fingerprint density at radius 3 is 2.57 bits per heavy atom. The van der Waals surface area contributed by atoms with Crippen LogP contribution in [0.4, 0.5) is 0 Å². The standard InChI is InChI=1S/C23H31N3O2/c1-3-13-24-23(28)19-11-14-26(15-12-19)16-22(27)25-17(2)20-10-6-8-18-7-4-5-9-21(18)20/h4-10,17,19H,3,11-16H2,1-2H3,(H,24,28)(H,25,27). The van der Waals surface area contributed by atoms with E-state index in [0.29, 0.717) is 6.54 Å². The monoisotopic (exact) mass is 381 g/mol. The van der Waals surface area contributed by atoms with Crippen molar-refractivity contribution in [3.63, 3.8) is 0 Å². The second kappa shape index (κ2) is 9.69. The number of hydrogen-bond donors (Lipinski definition) is 2. The van der Waals surface area contributed by atoms with E-state index in [2.05, 4.69) is 46.7 Å². The van der Waals surface area contributed by atoms with Gasteiger partial charge in [-0.15, -0.1) is 0 Å². The lowest BCUT2D eigenvalue weighted by Gasteiger charge is -2.31. The van der Waals surface area contributed by atoms with E-state index >= 15 is 0 Å². The number of nitrogens with zero attached hydrogens (tertiary/aromatic N) is 1. The van der Waals surface area contributed by atoms with Gasteiger partial charge in [-0.3, -0.25) is 14.5 Å². The first-order valence-electron chi connectivity index (χ1n) is 10.4. The smallest absolute Gasteiger partial charge is 0.234 e. The largest absolute Gasteiger partial charge is 0.356 e. The Kier molecular flexibility index (Phi) is 7.04. The summed E-state index contributed by atoms with van der Waals surface area (Å²) in [6.45, 7) is 6.80. The van der Waals surface area contributed by atoms with Gasteiger partial charge in [0.05, 0.1) is 12.6 Å². The second-order valence-corrected chi connectivity index (χ2v) is 7.70. The lowest BCUT2D eigenvalue weighted by atomic mass is 9.96. The Morgan fingerprint density at radius 1 is 1.11 bits per heavy atom. The Bertz CT molecular complexity index is 807. The summed E-state index contributed by atoms with van der Waals surface area (Å²) in [6.07, 6.45) is 2.60. The number of rotatable bonds is 7. The minimum atomic E-state index is -0.0454. The van der Waals surface area contributed by atoms with E-state index in [1.807, 2.05) is 25.1 Å². The maximum Gasteiger partial charge on any atom is 0.234 e. The van der Waals surface area contributed by atoms with Crippen LogP contribution in [0.3, 0.4) is 0 Å². The molecule has 1 fully saturated rings. The molecule has 0 aliphatic carbocycles. The van der Waals surface area contributed by atoms with Crippen molar-refractivity contribution in [3.8, 4) is 0 Å². The lowest BCUT2D eigenvalue weighted by Crippen LogP contribution is -2.44. The number of carbonyl (C=O) groups is 2. The maximum atomic E-state index is 12.6. The van der Waals surface area contributed by atoms with Crippen LogP contribution in [0.15, 0.2) is 42.5 Å². The minimum absolute atomic E-state index is 0.0364. The molecule has 0 radical (unpaired) electrons. The van der Waals surface area contributed by atoms with E-state index in [1.54, 1.807) is 0 Å². The maximum absolute atomic E-state index is 12.6. The highest BCUT2D eigenvalue weighted by atomic mass is 16.2. The zero-order chi connectivity index (χ0) is 19.9. The number of carbonyl (C=O) groups excluding carboxylic acids is 2. The fraction of sp³-hybridized carbons (Fsp3) is 0.478. The molecule has 1 unspecified atom stereocenters. The van der Waals surface area contributed by atoms with Gasteiger partial charge in [0.1, 0.15) is 0 Å². The molecule has 2 aromatic carbocycles. The summed E-state index contributed by atoms with van der Waals surface area (Å²) in [7, 11) is 0. The highest BCUT2D eigenvalue weighted by molar-refractivity contribution is 5.87. The van der Waals surface area contributed by atoms with Crippen molar-refractivity contribution in [2.24, 2.45) is 5.92 Å². The van der Waals surface area contributed by atoms with Gasteiger partial charge in [0.2, 0.25) is 11.8 Å². The van der Waals surface area contributed by atoms with Gasteiger partial charge in [-0.1, -0.05) is 49.4 Å². The quantitative estimate of drug-likeness (QED) is 0.774. The molecular weight excluding hydrogens is 350 g/mol. The van der Waals surface area contributed by atoms with Gasteiger partial charge in [0.25, 0.3) is 0 Å². The van der Waals surface area contributed by atoms with E-state index in [9.17, 15) is 9.59 Å². The molecule has 3 rings (SSSR count).